The van der Waals surface area contributed by atoms with Crippen LogP contribution in [0.2, 0.25) is 0 Å². The molecule has 0 atom stereocenters. The van der Waals surface area contributed by atoms with Crippen LogP contribution >= 0.6 is 0 Å². The lowest BCUT2D eigenvalue weighted by Gasteiger charge is -2.29. The molecule has 1 heterocycles. The van der Waals surface area contributed by atoms with Crippen LogP contribution < -0.4 is 10.6 Å². The van der Waals surface area contributed by atoms with E-state index in [-0.39, 0.29) is 17.2 Å². The Hall–Kier alpha value is -1.46. The highest BCUT2D eigenvalue weighted by atomic mass is 19.4. The van der Waals surface area contributed by atoms with Crippen LogP contribution in [-0.2, 0) is 6.18 Å². The molecule has 108 valence electrons. The SMILES string of the molecule is CCC(C)(CC)Nc1cc(C(F)(F)F)cc(NC)n1. The van der Waals surface area contributed by atoms with Crippen molar-refractivity contribution in [2.45, 2.75) is 45.3 Å². The average Bonchev–Trinajstić information content (AvgIpc) is 2.37. The van der Waals surface area contributed by atoms with Gasteiger partial charge in [-0.1, -0.05) is 13.8 Å². The van der Waals surface area contributed by atoms with Gasteiger partial charge in [0.25, 0.3) is 0 Å². The van der Waals surface area contributed by atoms with Gasteiger partial charge in [-0.3, -0.25) is 0 Å². The smallest absolute Gasteiger partial charge is 0.373 e. The summed E-state index contributed by atoms with van der Waals surface area (Å²) in [6, 6.07) is 2.05. The van der Waals surface area contributed by atoms with Crippen LogP contribution in [0.15, 0.2) is 12.1 Å². The third-order valence-corrected chi connectivity index (χ3v) is 3.40. The van der Waals surface area contributed by atoms with Gasteiger partial charge in [0.2, 0.25) is 0 Å². The molecular weight excluding hydrogens is 255 g/mol. The third kappa shape index (κ3) is 4.01. The maximum absolute atomic E-state index is 12.8. The quantitative estimate of drug-likeness (QED) is 0.848. The fraction of sp³-hybridized carbons (Fsp3) is 0.615. The van der Waals surface area contributed by atoms with Gasteiger partial charge in [0.15, 0.2) is 0 Å². The number of nitrogens with one attached hydrogen (secondary N) is 2. The first kappa shape index (κ1) is 15.6. The predicted molar refractivity (Wildman–Crippen MR) is 71.4 cm³/mol. The lowest BCUT2D eigenvalue weighted by atomic mass is 9.95. The van der Waals surface area contributed by atoms with E-state index in [1.54, 1.807) is 7.05 Å². The van der Waals surface area contributed by atoms with Gasteiger partial charge in [0.05, 0.1) is 5.56 Å². The Morgan fingerprint density at radius 3 is 2.05 bits per heavy atom. The molecule has 19 heavy (non-hydrogen) atoms. The molecular formula is C13H20F3N3. The van der Waals surface area contributed by atoms with Gasteiger partial charge in [0.1, 0.15) is 11.6 Å². The van der Waals surface area contributed by atoms with Crippen LogP contribution in [-0.4, -0.2) is 17.6 Å². The Labute approximate surface area is 111 Å². The minimum atomic E-state index is -4.38. The Morgan fingerprint density at radius 1 is 1.11 bits per heavy atom. The van der Waals surface area contributed by atoms with E-state index in [1.165, 1.54) is 0 Å². The first-order chi connectivity index (χ1) is 8.74. The van der Waals surface area contributed by atoms with Crippen LogP contribution in [0.1, 0.15) is 39.2 Å². The molecule has 3 nitrogen and oxygen atoms in total. The summed E-state index contributed by atoms with van der Waals surface area (Å²) >= 11 is 0. The van der Waals surface area contributed by atoms with Crippen molar-refractivity contribution < 1.29 is 13.2 Å². The van der Waals surface area contributed by atoms with Crippen LogP contribution in [0.25, 0.3) is 0 Å². The topological polar surface area (TPSA) is 37.0 Å². The minimum absolute atomic E-state index is 0.201. The summed E-state index contributed by atoms with van der Waals surface area (Å²) in [7, 11) is 1.55. The van der Waals surface area contributed by atoms with E-state index >= 15 is 0 Å². The molecule has 0 saturated carbocycles. The molecule has 2 N–H and O–H groups in total. The third-order valence-electron chi connectivity index (χ3n) is 3.40. The zero-order valence-electron chi connectivity index (χ0n) is 11.7. The molecule has 1 aromatic rings. The first-order valence-corrected chi connectivity index (χ1v) is 6.29. The molecule has 0 bridgehead atoms. The van der Waals surface area contributed by atoms with Gasteiger partial charge in [0, 0.05) is 12.6 Å². The summed E-state index contributed by atoms with van der Waals surface area (Å²) in [6.45, 7) is 5.94. The highest BCUT2D eigenvalue weighted by molar-refractivity contribution is 5.50. The standard InChI is InChI=1S/C13H20F3N3/c1-5-12(3,6-2)19-11-8-9(13(14,15)16)7-10(17-4)18-11/h7-8H,5-6H2,1-4H3,(H2,17,18,19). The summed E-state index contributed by atoms with van der Waals surface area (Å²) in [5, 5.41) is 5.74. The van der Waals surface area contributed by atoms with Crippen molar-refractivity contribution in [2.24, 2.45) is 0 Å². The maximum Gasteiger partial charge on any atom is 0.416 e. The number of rotatable bonds is 5. The van der Waals surface area contributed by atoms with E-state index in [0.717, 1.165) is 25.0 Å². The van der Waals surface area contributed by atoms with E-state index in [1.807, 2.05) is 20.8 Å². The highest BCUT2D eigenvalue weighted by Gasteiger charge is 2.32. The highest BCUT2D eigenvalue weighted by Crippen LogP contribution is 2.33. The Bertz CT molecular complexity index is 426. The second-order valence-corrected chi connectivity index (χ2v) is 4.77. The molecule has 1 rings (SSSR count). The number of alkyl halides is 3. The minimum Gasteiger partial charge on any atom is -0.373 e. The lowest BCUT2D eigenvalue weighted by Crippen LogP contribution is -2.33. The van der Waals surface area contributed by atoms with E-state index in [4.69, 9.17) is 0 Å². The molecule has 0 spiro atoms. The van der Waals surface area contributed by atoms with Crippen LogP contribution in [0.4, 0.5) is 24.8 Å². The second-order valence-electron chi connectivity index (χ2n) is 4.77. The summed E-state index contributed by atoms with van der Waals surface area (Å²) in [6.07, 6.45) is -2.77. The molecule has 0 unspecified atom stereocenters. The molecule has 0 aliphatic rings. The van der Waals surface area contributed by atoms with Gasteiger partial charge in [-0.25, -0.2) is 4.98 Å². The van der Waals surface area contributed by atoms with Gasteiger partial charge in [-0.15, -0.1) is 0 Å². The first-order valence-electron chi connectivity index (χ1n) is 6.29. The summed E-state index contributed by atoms with van der Waals surface area (Å²) < 4.78 is 38.4. The van der Waals surface area contributed by atoms with Crippen molar-refractivity contribution >= 4 is 11.6 Å². The van der Waals surface area contributed by atoms with E-state index < -0.39 is 11.7 Å². The molecule has 6 heteroatoms. The zero-order chi connectivity index (χ0) is 14.7. The number of anilines is 2. The largest absolute Gasteiger partial charge is 0.416 e. The molecule has 0 aliphatic heterocycles. The van der Waals surface area contributed by atoms with E-state index in [9.17, 15) is 13.2 Å². The molecule has 0 saturated heterocycles. The monoisotopic (exact) mass is 275 g/mol. The molecule has 1 aromatic heterocycles. The van der Waals surface area contributed by atoms with E-state index in [2.05, 4.69) is 15.6 Å². The fourth-order valence-electron chi connectivity index (χ4n) is 1.62. The zero-order valence-corrected chi connectivity index (χ0v) is 11.7. The number of nitrogens with zero attached hydrogens (tertiary/aromatic N) is 1. The average molecular weight is 275 g/mol. The van der Waals surface area contributed by atoms with Crippen molar-refractivity contribution in [1.29, 1.82) is 0 Å². The number of hydrogen-bond donors (Lipinski definition) is 2. The van der Waals surface area contributed by atoms with Crippen molar-refractivity contribution in [1.82, 2.24) is 4.98 Å². The lowest BCUT2D eigenvalue weighted by molar-refractivity contribution is -0.137. The van der Waals surface area contributed by atoms with Gasteiger partial charge < -0.3 is 10.6 Å². The number of halogens is 3. The summed E-state index contributed by atoms with van der Waals surface area (Å²) in [5.74, 6) is 0.442. The Kier molecular flexibility index (Phi) is 4.66. The van der Waals surface area contributed by atoms with Crippen molar-refractivity contribution in [3.63, 3.8) is 0 Å². The Balaban J connectivity index is 3.14. The molecule has 0 aromatic carbocycles. The van der Waals surface area contributed by atoms with Gasteiger partial charge >= 0.3 is 6.18 Å². The normalized spacial score (nSPS) is 12.4. The molecule has 0 fully saturated rings. The van der Waals surface area contributed by atoms with Crippen LogP contribution in [0.3, 0.4) is 0 Å². The van der Waals surface area contributed by atoms with Crippen molar-refractivity contribution in [2.75, 3.05) is 17.7 Å². The molecule has 0 radical (unpaired) electrons. The number of pyridine rings is 1. The molecule has 0 aliphatic carbocycles. The molecule has 0 amide bonds. The summed E-state index contributed by atoms with van der Waals surface area (Å²) in [4.78, 5) is 4.12. The summed E-state index contributed by atoms with van der Waals surface area (Å²) in [5.41, 5.74) is -0.966. The predicted octanol–water partition coefficient (Wildman–Crippen LogP) is 4.13. The second kappa shape index (κ2) is 5.67. The maximum atomic E-state index is 12.8. The number of hydrogen-bond acceptors (Lipinski definition) is 3. The van der Waals surface area contributed by atoms with Gasteiger partial charge in [-0.05, 0) is 31.9 Å². The van der Waals surface area contributed by atoms with E-state index in [0.29, 0.717) is 0 Å². The fourth-order valence-corrected chi connectivity index (χ4v) is 1.62. The van der Waals surface area contributed by atoms with Crippen LogP contribution in [0, 0.1) is 0 Å². The van der Waals surface area contributed by atoms with Crippen LogP contribution in [0.5, 0.6) is 0 Å². The number of aromatic nitrogens is 1. The van der Waals surface area contributed by atoms with Crippen molar-refractivity contribution in [3.8, 4) is 0 Å². The van der Waals surface area contributed by atoms with Gasteiger partial charge in [-0.2, -0.15) is 13.2 Å². The van der Waals surface area contributed by atoms with Crippen molar-refractivity contribution in [3.05, 3.63) is 17.7 Å². The Morgan fingerprint density at radius 2 is 1.63 bits per heavy atom.